The van der Waals surface area contributed by atoms with E-state index in [4.69, 9.17) is 0 Å². The average Bonchev–Trinajstić information content (AvgIpc) is 2.89. The van der Waals surface area contributed by atoms with Crippen molar-refractivity contribution in [2.24, 2.45) is 0 Å². The second kappa shape index (κ2) is 5.47. The Bertz CT molecular complexity index is 663. The molecule has 1 aromatic heterocycles. The second-order valence-electron chi connectivity index (χ2n) is 5.33. The molecule has 0 fully saturated rings. The minimum absolute atomic E-state index is 0.506. The van der Waals surface area contributed by atoms with E-state index in [0.717, 1.165) is 23.1 Å². The number of hydrogen-bond acceptors (Lipinski definition) is 2. The third-order valence-electron chi connectivity index (χ3n) is 3.33. The summed E-state index contributed by atoms with van der Waals surface area (Å²) in [4.78, 5) is 0. The van der Waals surface area contributed by atoms with E-state index in [2.05, 4.69) is 60.8 Å². The Hall–Kier alpha value is -2.13. The number of nitrogens with one attached hydrogen (secondary N) is 1. The van der Waals surface area contributed by atoms with Gasteiger partial charge in [0.1, 0.15) is 0 Å². The van der Waals surface area contributed by atoms with E-state index in [1.165, 1.54) is 5.56 Å². The lowest BCUT2D eigenvalue weighted by molar-refractivity contribution is 0.589. The van der Waals surface area contributed by atoms with Crippen molar-refractivity contribution >= 4 is 10.9 Å². The predicted molar refractivity (Wildman–Crippen MR) is 83.0 cm³/mol. The lowest BCUT2D eigenvalue weighted by atomic mass is 10.2. The zero-order valence-corrected chi connectivity index (χ0v) is 11.9. The molecule has 0 aliphatic rings. The minimum atomic E-state index is 0.506. The molecule has 0 radical (unpaired) electrons. The van der Waals surface area contributed by atoms with Crippen molar-refractivity contribution in [1.82, 2.24) is 15.1 Å². The van der Waals surface area contributed by atoms with Gasteiger partial charge in [-0.1, -0.05) is 44.2 Å². The predicted octanol–water partition coefficient (Wildman–Crippen LogP) is 3.52. The molecule has 3 nitrogen and oxygen atoms in total. The fraction of sp³-hybridized carbons (Fsp3) is 0.235. The largest absolute Gasteiger partial charge is 0.310 e. The SMILES string of the molecule is CC(C)NCc1ccc(-n2cc3ccccc3n2)cc1. The molecule has 0 unspecified atom stereocenters. The molecule has 0 saturated carbocycles. The highest BCUT2D eigenvalue weighted by Crippen LogP contribution is 2.15. The first-order valence-electron chi connectivity index (χ1n) is 6.99. The second-order valence-corrected chi connectivity index (χ2v) is 5.33. The van der Waals surface area contributed by atoms with Gasteiger partial charge in [-0.25, -0.2) is 4.68 Å². The molecule has 0 atom stereocenters. The maximum Gasteiger partial charge on any atom is 0.0927 e. The molecular formula is C17H19N3. The lowest BCUT2D eigenvalue weighted by Crippen LogP contribution is -2.21. The van der Waals surface area contributed by atoms with Crippen LogP contribution in [0.4, 0.5) is 0 Å². The van der Waals surface area contributed by atoms with Crippen LogP contribution < -0.4 is 5.32 Å². The van der Waals surface area contributed by atoms with E-state index in [-0.39, 0.29) is 0 Å². The standard InChI is InChI=1S/C17H19N3/c1-13(2)18-11-14-7-9-16(10-8-14)20-12-15-5-3-4-6-17(15)19-20/h3-10,12-13,18H,11H2,1-2H3. The highest BCUT2D eigenvalue weighted by molar-refractivity contribution is 5.78. The fourth-order valence-electron chi connectivity index (χ4n) is 2.19. The number of rotatable bonds is 4. The number of nitrogens with zero attached hydrogens (tertiary/aromatic N) is 2. The number of fused-ring (bicyclic) bond motifs is 1. The summed E-state index contributed by atoms with van der Waals surface area (Å²) in [5.74, 6) is 0. The van der Waals surface area contributed by atoms with Gasteiger partial charge in [0.25, 0.3) is 0 Å². The Labute approximate surface area is 119 Å². The molecule has 2 aromatic carbocycles. The van der Waals surface area contributed by atoms with Gasteiger partial charge in [0.15, 0.2) is 0 Å². The summed E-state index contributed by atoms with van der Waals surface area (Å²) < 4.78 is 1.93. The van der Waals surface area contributed by atoms with E-state index >= 15 is 0 Å². The van der Waals surface area contributed by atoms with Gasteiger partial charge >= 0.3 is 0 Å². The van der Waals surface area contributed by atoms with Crippen LogP contribution in [0.2, 0.25) is 0 Å². The van der Waals surface area contributed by atoms with Gasteiger partial charge in [0, 0.05) is 24.2 Å². The van der Waals surface area contributed by atoms with Crippen LogP contribution in [0.3, 0.4) is 0 Å². The molecule has 3 aromatic rings. The topological polar surface area (TPSA) is 29.9 Å². The Kier molecular flexibility index (Phi) is 3.52. The van der Waals surface area contributed by atoms with E-state index in [1.54, 1.807) is 0 Å². The Balaban J connectivity index is 1.83. The highest BCUT2D eigenvalue weighted by atomic mass is 15.3. The third-order valence-corrected chi connectivity index (χ3v) is 3.33. The third kappa shape index (κ3) is 2.73. The summed E-state index contributed by atoms with van der Waals surface area (Å²) in [5, 5.41) is 9.17. The minimum Gasteiger partial charge on any atom is -0.310 e. The first-order valence-corrected chi connectivity index (χ1v) is 6.99. The maximum atomic E-state index is 4.59. The van der Waals surface area contributed by atoms with Gasteiger partial charge in [-0.05, 0) is 23.8 Å². The van der Waals surface area contributed by atoms with Crippen LogP contribution in [-0.2, 0) is 6.54 Å². The van der Waals surface area contributed by atoms with Gasteiger partial charge in [-0.3, -0.25) is 0 Å². The van der Waals surface area contributed by atoms with Crippen molar-refractivity contribution in [1.29, 1.82) is 0 Å². The van der Waals surface area contributed by atoms with Crippen molar-refractivity contribution in [3.05, 3.63) is 60.3 Å². The summed E-state index contributed by atoms with van der Waals surface area (Å²) in [5.41, 5.74) is 3.41. The van der Waals surface area contributed by atoms with Crippen LogP contribution >= 0.6 is 0 Å². The smallest absolute Gasteiger partial charge is 0.0927 e. The van der Waals surface area contributed by atoms with Crippen molar-refractivity contribution in [3.8, 4) is 5.69 Å². The molecule has 0 aliphatic heterocycles. The van der Waals surface area contributed by atoms with Crippen molar-refractivity contribution in [3.63, 3.8) is 0 Å². The summed E-state index contributed by atoms with van der Waals surface area (Å²) in [6, 6.07) is 17.2. The quantitative estimate of drug-likeness (QED) is 0.782. The number of hydrogen-bond donors (Lipinski definition) is 1. The maximum absolute atomic E-state index is 4.59. The van der Waals surface area contributed by atoms with E-state index in [9.17, 15) is 0 Å². The first-order chi connectivity index (χ1) is 9.72. The normalized spacial score (nSPS) is 11.3. The Morgan fingerprint density at radius 2 is 1.80 bits per heavy atom. The van der Waals surface area contributed by atoms with E-state index in [1.807, 2.05) is 22.9 Å². The summed E-state index contributed by atoms with van der Waals surface area (Å²) in [6.07, 6.45) is 2.07. The summed E-state index contributed by atoms with van der Waals surface area (Å²) in [7, 11) is 0. The van der Waals surface area contributed by atoms with Gasteiger partial charge in [-0.2, -0.15) is 5.10 Å². The molecule has 102 valence electrons. The Morgan fingerprint density at radius 3 is 2.50 bits per heavy atom. The molecule has 0 saturated heterocycles. The summed E-state index contributed by atoms with van der Waals surface area (Å²) >= 11 is 0. The van der Waals surface area contributed by atoms with E-state index < -0.39 is 0 Å². The van der Waals surface area contributed by atoms with Crippen molar-refractivity contribution in [2.45, 2.75) is 26.4 Å². The van der Waals surface area contributed by atoms with Gasteiger partial charge in [0.2, 0.25) is 0 Å². The first kappa shape index (κ1) is 12.9. The van der Waals surface area contributed by atoms with Gasteiger partial charge in [0.05, 0.1) is 11.2 Å². The molecule has 0 bridgehead atoms. The molecule has 1 heterocycles. The van der Waals surface area contributed by atoms with Crippen LogP contribution in [0.15, 0.2) is 54.7 Å². The van der Waals surface area contributed by atoms with E-state index in [0.29, 0.717) is 6.04 Å². The summed E-state index contributed by atoms with van der Waals surface area (Å²) in [6.45, 7) is 5.21. The average molecular weight is 265 g/mol. The molecule has 0 amide bonds. The van der Waals surface area contributed by atoms with Crippen LogP contribution in [0.5, 0.6) is 0 Å². The zero-order valence-electron chi connectivity index (χ0n) is 11.9. The van der Waals surface area contributed by atoms with Crippen LogP contribution in [0.25, 0.3) is 16.6 Å². The molecule has 20 heavy (non-hydrogen) atoms. The highest BCUT2D eigenvalue weighted by Gasteiger charge is 2.02. The van der Waals surface area contributed by atoms with Crippen molar-refractivity contribution < 1.29 is 0 Å². The molecule has 3 heteroatoms. The van der Waals surface area contributed by atoms with Gasteiger partial charge < -0.3 is 5.32 Å². The number of benzene rings is 2. The van der Waals surface area contributed by atoms with Crippen LogP contribution in [-0.4, -0.2) is 15.8 Å². The van der Waals surface area contributed by atoms with Crippen LogP contribution in [0, 0.1) is 0 Å². The molecule has 0 spiro atoms. The fourth-order valence-corrected chi connectivity index (χ4v) is 2.19. The van der Waals surface area contributed by atoms with Crippen LogP contribution in [0.1, 0.15) is 19.4 Å². The molecule has 0 aliphatic carbocycles. The molecule has 3 rings (SSSR count). The molecular weight excluding hydrogens is 246 g/mol. The lowest BCUT2D eigenvalue weighted by Gasteiger charge is -2.08. The molecule has 1 N–H and O–H groups in total. The number of aromatic nitrogens is 2. The van der Waals surface area contributed by atoms with Crippen molar-refractivity contribution in [2.75, 3.05) is 0 Å². The zero-order chi connectivity index (χ0) is 13.9. The van der Waals surface area contributed by atoms with Gasteiger partial charge in [-0.15, -0.1) is 0 Å². The Morgan fingerprint density at radius 1 is 1.05 bits per heavy atom. The monoisotopic (exact) mass is 265 g/mol.